The van der Waals surface area contributed by atoms with E-state index >= 15 is 0 Å². The highest BCUT2D eigenvalue weighted by Crippen LogP contribution is 2.61. The molecule has 1 aromatic heterocycles. The van der Waals surface area contributed by atoms with Crippen LogP contribution in [0.1, 0.15) is 43.2 Å². The van der Waals surface area contributed by atoms with Crippen LogP contribution in [0.4, 0.5) is 11.8 Å². The molecular formula is C24H30N6O. The van der Waals surface area contributed by atoms with Gasteiger partial charge >= 0.3 is 0 Å². The summed E-state index contributed by atoms with van der Waals surface area (Å²) in [6.07, 6.45) is 8.00. The molecule has 5 atom stereocenters. The summed E-state index contributed by atoms with van der Waals surface area (Å²) >= 11 is 0. The van der Waals surface area contributed by atoms with Crippen molar-refractivity contribution in [3.8, 4) is 11.8 Å². The van der Waals surface area contributed by atoms with Crippen molar-refractivity contribution in [1.82, 2.24) is 9.97 Å². The van der Waals surface area contributed by atoms with Crippen molar-refractivity contribution in [1.29, 1.82) is 5.26 Å². The predicted molar refractivity (Wildman–Crippen MR) is 119 cm³/mol. The topological polar surface area (TPSA) is 120 Å². The van der Waals surface area contributed by atoms with Gasteiger partial charge in [-0.05, 0) is 73.8 Å². The molecule has 5 N–H and O–H groups in total. The SMILES string of the molecule is N#Cc1cnc(NCc2ccccc2O)nc1NC[C@@]12CC3C[C@H](C1)C(CN)[C@@H](C3)C2. The maximum absolute atomic E-state index is 9.95. The Bertz CT molecular complexity index is 986. The van der Waals surface area contributed by atoms with Gasteiger partial charge in [0.15, 0.2) is 0 Å². The van der Waals surface area contributed by atoms with Gasteiger partial charge < -0.3 is 21.5 Å². The summed E-state index contributed by atoms with van der Waals surface area (Å²) in [6.45, 7) is 2.08. The Morgan fingerprint density at radius 2 is 1.94 bits per heavy atom. The van der Waals surface area contributed by atoms with Crippen LogP contribution < -0.4 is 16.4 Å². The van der Waals surface area contributed by atoms with E-state index in [9.17, 15) is 10.4 Å². The van der Waals surface area contributed by atoms with Gasteiger partial charge in [-0.1, -0.05) is 18.2 Å². The zero-order valence-corrected chi connectivity index (χ0v) is 17.7. The molecule has 7 heteroatoms. The van der Waals surface area contributed by atoms with Gasteiger partial charge in [0.1, 0.15) is 23.2 Å². The molecule has 1 heterocycles. The number of nitrogens with zero attached hydrogens (tertiary/aromatic N) is 3. The first-order chi connectivity index (χ1) is 15.1. The van der Waals surface area contributed by atoms with E-state index in [1.54, 1.807) is 18.3 Å². The van der Waals surface area contributed by atoms with Gasteiger partial charge in [0.25, 0.3) is 0 Å². The molecule has 6 rings (SSSR count). The van der Waals surface area contributed by atoms with Gasteiger partial charge in [0, 0.05) is 18.7 Å². The van der Waals surface area contributed by atoms with Crippen LogP contribution in [-0.2, 0) is 6.54 Å². The summed E-state index contributed by atoms with van der Waals surface area (Å²) in [5.74, 6) is 4.31. The average Bonchev–Trinajstić information content (AvgIpc) is 2.77. The third-order valence-corrected chi connectivity index (χ3v) is 7.84. The number of para-hydroxylation sites is 1. The number of nitrogens with two attached hydrogens (primary N) is 1. The van der Waals surface area contributed by atoms with Crippen LogP contribution in [-0.4, -0.2) is 28.2 Å². The van der Waals surface area contributed by atoms with E-state index in [1.165, 1.54) is 32.1 Å². The Morgan fingerprint density at radius 3 is 2.65 bits per heavy atom. The van der Waals surface area contributed by atoms with E-state index in [1.807, 2.05) is 12.1 Å². The fraction of sp³-hybridized carbons (Fsp3) is 0.542. The quantitative estimate of drug-likeness (QED) is 0.543. The fourth-order valence-corrected chi connectivity index (χ4v) is 6.69. The van der Waals surface area contributed by atoms with Crippen LogP contribution in [0.25, 0.3) is 0 Å². The number of nitrogens with one attached hydrogen (secondary N) is 2. The maximum atomic E-state index is 9.95. The van der Waals surface area contributed by atoms with E-state index < -0.39 is 0 Å². The van der Waals surface area contributed by atoms with Gasteiger partial charge in [-0.15, -0.1) is 0 Å². The number of phenolic OH excluding ortho intramolecular Hbond substituents is 1. The Hall–Kier alpha value is -2.85. The molecular weight excluding hydrogens is 388 g/mol. The van der Waals surface area contributed by atoms with Gasteiger partial charge in [-0.25, -0.2) is 4.98 Å². The summed E-state index contributed by atoms with van der Waals surface area (Å²) in [5, 5.41) is 26.2. The smallest absolute Gasteiger partial charge is 0.224 e. The molecule has 4 aliphatic carbocycles. The molecule has 4 aliphatic rings. The fourth-order valence-electron chi connectivity index (χ4n) is 6.69. The van der Waals surface area contributed by atoms with Crippen molar-refractivity contribution < 1.29 is 5.11 Å². The van der Waals surface area contributed by atoms with Crippen molar-refractivity contribution in [2.24, 2.45) is 34.8 Å². The normalized spacial score (nSPS) is 30.7. The minimum atomic E-state index is 0.236. The van der Waals surface area contributed by atoms with Gasteiger partial charge in [-0.3, -0.25) is 0 Å². The zero-order chi connectivity index (χ0) is 21.4. The summed E-state index contributed by atoms with van der Waals surface area (Å²) in [5.41, 5.74) is 7.63. The van der Waals surface area contributed by atoms with Crippen molar-refractivity contribution in [2.45, 2.75) is 38.6 Å². The summed E-state index contributed by atoms with van der Waals surface area (Å²) in [4.78, 5) is 8.85. The molecule has 0 radical (unpaired) electrons. The third kappa shape index (κ3) is 3.81. The number of phenols is 1. The lowest BCUT2D eigenvalue weighted by molar-refractivity contribution is -0.0851. The van der Waals surface area contributed by atoms with Gasteiger partial charge in [-0.2, -0.15) is 10.2 Å². The lowest BCUT2D eigenvalue weighted by Gasteiger charge is -2.60. The molecule has 4 bridgehead atoms. The molecule has 162 valence electrons. The van der Waals surface area contributed by atoms with Gasteiger partial charge in [0.2, 0.25) is 5.95 Å². The second-order valence-corrected chi connectivity index (χ2v) is 9.77. The Kier molecular flexibility index (Phi) is 5.19. The van der Waals surface area contributed by atoms with Crippen LogP contribution in [0, 0.1) is 40.4 Å². The van der Waals surface area contributed by atoms with Crippen LogP contribution in [0.2, 0.25) is 0 Å². The largest absolute Gasteiger partial charge is 0.508 e. The minimum absolute atomic E-state index is 0.236. The minimum Gasteiger partial charge on any atom is -0.508 e. The summed E-state index contributed by atoms with van der Waals surface area (Å²) in [6, 6.07) is 9.39. The Morgan fingerprint density at radius 1 is 1.16 bits per heavy atom. The first-order valence-electron chi connectivity index (χ1n) is 11.3. The van der Waals surface area contributed by atoms with Crippen LogP contribution in [0.3, 0.4) is 0 Å². The van der Waals surface area contributed by atoms with Gasteiger partial charge in [0.05, 0.1) is 6.20 Å². The molecule has 0 amide bonds. The van der Waals surface area contributed by atoms with Crippen molar-refractivity contribution in [3.63, 3.8) is 0 Å². The number of rotatable bonds is 7. The van der Waals surface area contributed by atoms with E-state index in [4.69, 9.17) is 5.73 Å². The molecule has 4 saturated carbocycles. The lowest BCUT2D eigenvalue weighted by atomic mass is 9.46. The lowest BCUT2D eigenvalue weighted by Crippen LogP contribution is -2.54. The van der Waals surface area contributed by atoms with E-state index in [-0.39, 0.29) is 5.75 Å². The van der Waals surface area contributed by atoms with Crippen molar-refractivity contribution in [3.05, 3.63) is 41.6 Å². The molecule has 0 aliphatic heterocycles. The Labute approximate surface area is 183 Å². The number of hydrogen-bond acceptors (Lipinski definition) is 7. The Balaban J connectivity index is 1.29. The molecule has 7 nitrogen and oxygen atoms in total. The zero-order valence-electron chi connectivity index (χ0n) is 17.7. The molecule has 2 aromatic rings. The standard InChI is InChI=1S/C24H30N6O/c25-10-19-13-28-23(27-12-16-3-1-2-4-21(16)31)30-22(19)29-14-24-7-15-5-17(8-24)20(11-26)18(6-15)9-24/h1-4,13,15,17-18,20,31H,5-9,11-12,14,26H2,(H2,27,28,29,30)/t15?,17-,18+,20?,24+. The molecule has 0 spiro atoms. The van der Waals surface area contributed by atoms with E-state index in [0.29, 0.717) is 35.2 Å². The second-order valence-electron chi connectivity index (χ2n) is 9.77. The van der Waals surface area contributed by atoms with Crippen molar-refractivity contribution in [2.75, 3.05) is 23.7 Å². The first-order valence-corrected chi connectivity index (χ1v) is 11.3. The molecule has 31 heavy (non-hydrogen) atoms. The number of hydrogen-bond donors (Lipinski definition) is 4. The number of anilines is 2. The van der Waals surface area contributed by atoms with Crippen molar-refractivity contribution >= 4 is 11.8 Å². The highest BCUT2D eigenvalue weighted by Gasteiger charge is 2.54. The van der Waals surface area contributed by atoms with Crippen LogP contribution in [0.15, 0.2) is 30.5 Å². The molecule has 0 saturated heterocycles. The molecule has 1 aromatic carbocycles. The van der Waals surface area contributed by atoms with Crippen LogP contribution >= 0.6 is 0 Å². The maximum Gasteiger partial charge on any atom is 0.224 e. The predicted octanol–water partition coefficient (Wildman–Crippen LogP) is 3.48. The molecule has 2 unspecified atom stereocenters. The number of nitriles is 1. The highest BCUT2D eigenvalue weighted by molar-refractivity contribution is 5.53. The van der Waals surface area contributed by atoms with E-state index in [2.05, 4.69) is 26.7 Å². The highest BCUT2D eigenvalue weighted by atomic mass is 16.3. The van der Waals surface area contributed by atoms with Crippen LogP contribution in [0.5, 0.6) is 5.75 Å². The first kappa shape index (κ1) is 20.1. The molecule has 4 fully saturated rings. The van der Waals surface area contributed by atoms with E-state index in [0.717, 1.165) is 36.4 Å². The number of aromatic hydroxyl groups is 1. The third-order valence-electron chi connectivity index (χ3n) is 7.84. The summed E-state index contributed by atoms with van der Waals surface area (Å²) in [7, 11) is 0. The second kappa shape index (κ2) is 8.01. The number of aromatic nitrogens is 2. The monoisotopic (exact) mass is 418 g/mol. The average molecular weight is 419 g/mol. The summed E-state index contributed by atoms with van der Waals surface area (Å²) < 4.78 is 0. The number of benzene rings is 1.